The second-order valence-electron chi connectivity index (χ2n) is 5.73. The van der Waals surface area contributed by atoms with Crippen molar-refractivity contribution in [2.45, 2.75) is 39.7 Å². The molecule has 1 aromatic rings. The van der Waals surface area contributed by atoms with Crippen LogP contribution in [-0.4, -0.2) is 12.5 Å². The van der Waals surface area contributed by atoms with Gasteiger partial charge in [0.1, 0.15) is 5.82 Å². The van der Waals surface area contributed by atoms with E-state index in [0.29, 0.717) is 19.5 Å². The minimum atomic E-state index is -0.453. The zero-order chi connectivity index (χ0) is 15.2. The fourth-order valence-corrected chi connectivity index (χ4v) is 2.11. The molecular formula is C15H22ClFN2O. The Morgan fingerprint density at radius 1 is 1.40 bits per heavy atom. The van der Waals surface area contributed by atoms with Crippen molar-refractivity contribution in [2.75, 3.05) is 6.54 Å². The van der Waals surface area contributed by atoms with Crippen LogP contribution in [-0.2, 0) is 11.3 Å². The minimum absolute atomic E-state index is 0.0180. The van der Waals surface area contributed by atoms with Gasteiger partial charge in [-0.05, 0) is 42.5 Å². The molecule has 0 aliphatic heterocycles. The van der Waals surface area contributed by atoms with Crippen molar-refractivity contribution >= 4 is 17.5 Å². The molecule has 0 bridgehead atoms. The van der Waals surface area contributed by atoms with Crippen molar-refractivity contribution in [2.24, 2.45) is 11.1 Å². The summed E-state index contributed by atoms with van der Waals surface area (Å²) in [6.07, 6.45) is 2.15. The first kappa shape index (κ1) is 16.9. The summed E-state index contributed by atoms with van der Waals surface area (Å²) in [4.78, 5) is 11.8. The highest BCUT2D eigenvalue weighted by Crippen LogP contribution is 2.25. The largest absolute Gasteiger partial charge is 0.352 e. The number of amides is 1. The average Bonchev–Trinajstić information content (AvgIpc) is 2.38. The molecule has 0 aromatic heterocycles. The molecule has 0 heterocycles. The third-order valence-corrected chi connectivity index (χ3v) is 3.61. The van der Waals surface area contributed by atoms with Gasteiger partial charge >= 0.3 is 0 Å². The van der Waals surface area contributed by atoms with Crippen molar-refractivity contribution in [3.05, 3.63) is 34.6 Å². The van der Waals surface area contributed by atoms with Gasteiger partial charge in [-0.3, -0.25) is 4.79 Å². The van der Waals surface area contributed by atoms with Crippen molar-refractivity contribution < 1.29 is 9.18 Å². The zero-order valence-corrected chi connectivity index (χ0v) is 12.8. The van der Waals surface area contributed by atoms with E-state index in [9.17, 15) is 9.18 Å². The van der Waals surface area contributed by atoms with Gasteiger partial charge in [-0.2, -0.15) is 0 Å². The molecule has 0 unspecified atom stereocenters. The van der Waals surface area contributed by atoms with Crippen LogP contribution in [0.2, 0.25) is 5.02 Å². The molecule has 0 radical (unpaired) electrons. The van der Waals surface area contributed by atoms with Gasteiger partial charge < -0.3 is 11.1 Å². The maximum Gasteiger partial charge on any atom is 0.220 e. The van der Waals surface area contributed by atoms with E-state index >= 15 is 0 Å². The van der Waals surface area contributed by atoms with Gasteiger partial charge in [-0.25, -0.2) is 4.39 Å². The summed E-state index contributed by atoms with van der Waals surface area (Å²) in [5, 5.41) is 2.88. The van der Waals surface area contributed by atoms with Gasteiger partial charge in [0.05, 0.1) is 5.02 Å². The summed E-state index contributed by atoms with van der Waals surface area (Å²) in [6.45, 7) is 5.19. The average molecular weight is 301 g/mol. The predicted octanol–water partition coefficient (Wildman–Crippen LogP) is 3.25. The number of rotatable bonds is 7. The molecular weight excluding hydrogens is 279 g/mol. The molecule has 0 saturated heterocycles. The predicted molar refractivity (Wildman–Crippen MR) is 79.9 cm³/mol. The van der Waals surface area contributed by atoms with Crippen LogP contribution in [0, 0.1) is 11.2 Å². The number of carbonyl (C=O) groups excluding carboxylic acids is 1. The van der Waals surface area contributed by atoms with E-state index in [4.69, 9.17) is 17.3 Å². The third-order valence-electron chi connectivity index (χ3n) is 3.32. The van der Waals surface area contributed by atoms with Crippen LogP contribution in [0.1, 0.15) is 38.7 Å². The summed E-state index contributed by atoms with van der Waals surface area (Å²) in [7, 11) is 0. The first-order valence-electron chi connectivity index (χ1n) is 6.75. The Morgan fingerprint density at radius 2 is 2.10 bits per heavy atom. The fourth-order valence-electron chi connectivity index (χ4n) is 1.91. The summed E-state index contributed by atoms with van der Waals surface area (Å²) in [6, 6.07) is 4.43. The molecule has 1 aromatic carbocycles. The Labute approximate surface area is 124 Å². The number of benzene rings is 1. The lowest BCUT2D eigenvalue weighted by atomic mass is 9.84. The summed E-state index contributed by atoms with van der Waals surface area (Å²) in [5.74, 6) is -0.471. The molecule has 1 amide bonds. The number of nitrogens with two attached hydrogens (primary N) is 1. The lowest BCUT2D eigenvalue weighted by Crippen LogP contribution is -2.25. The van der Waals surface area contributed by atoms with Gasteiger partial charge in [-0.15, -0.1) is 0 Å². The highest BCUT2D eigenvalue weighted by molar-refractivity contribution is 6.30. The lowest BCUT2D eigenvalue weighted by molar-refractivity contribution is -0.121. The standard InChI is InChI=1S/C15H22ClFN2O/c1-15(2,7-8-18)6-5-14(20)19-10-11-3-4-13(17)12(16)9-11/h3-4,9H,5-8,10,18H2,1-2H3,(H,19,20). The Kier molecular flexibility index (Phi) is 6.43. The second kappa shape index (κ2) is 7.60. The summed E-state index contributed by atoms with van der Waals surface area (Å²) >= 11 is 5.69. The normalized spacial score (nSPS) is 11.4. The smallest absolute Gasteiger partial charge is 0.220 e. The van der Waals surface area contributed by atoms with E-state index in [-0.39, 0.29) is 16.3 Å². The Bertz CT molecular complexity index is 463. The molecule has 0 spiro atoms. The van der Waals surface area contributed by atoms with E-state index in [1.54, 1.807) is 6.07 Å². The fraction of sp³-hybridized carbons (Fsp3) is 0.533. The second-order valence-corrected chi connectivity index (χ2v) is 6.14. The van der Waals surface area contributed by atoms with E-state index in [0.717, 1.165) is 18.4 Å². The van der Waals surface area contributed by atoms with Crippen LogP contribution >= 0.6 is 11.6 Å². The van der Waals surface area contributed by atoms with Gasteiger partial charge in [0.15, 0.2) is 0 Å². The molecule has 0 atom stereocenters. The number of hydrogen-bond acceptors (Lipinski definition) is 2. The van der Waals surface area contributed by atoms with Crippen molar-refractivity contribution in [1.82, 2.24) is 5.32 Å². The van der Waals surface area contributed by atoms with E-state index < -0.39 is 5.82 Å². The summed E-state index contributed by atoms with van der Waals surface area (Å²) < 4.78 is 13.0. The molecule has 3 N–H and O–H groups in total. The van der Waals surface area contributed by atoms with Crippen LogP contribution in [0.3, 0.4) is 0 Å². The molecule has 0 fully saturated rings. The number of halogens is 2. The molecule has 0 aliphatic rings. The molecule has 1 rings (SSSR count). The Balaban J connectivity index is 2.38. The minimum Gasteiger partial charge on any atom is -0.352 e. The van der Waals surface area contributed by atoms with E-state index in [2.05, 4.69) is 19.2 Å². The molecule has 5 heteroatoms. The molecule has 112 valence electrons. The molecule has 0 saturated carbocycles. The Hall–Kier alpha value is -1.13. The van der Waals surface area contributed by atoms with Crippen LogP contribution in [0.15, 0.2) is 18.2 Å². The van der Waals surface area contributed by atoms with Crippen LogP contribution in [0.4, 0.5) is 4.39 Å². The SMILES string of the molecule is CC(C)(CCN)CCC(=O)NCc1ccc(F)c(Cl)c1. The van der Waals surface area contributed by atoms with Gasteiger partial charge in [-0.1, -0.05) is 31.5 Å². The molecule has 3 nitrogen and oxygen atoms in total. The van der Waals surface area contributed by atoms with Crippen LogP contribution in [0.5, 0.6) is 0 Å². The van der Waals surface area contributed by atoms with Gasteiger partial charge in [0.2, 0.25) is 5.91 Å². The highest BCUT2D eigenvalue weighted by Gasteiger charge is 2.18. The number of hydrogen-bond donors (Lipinski definition) is 2. The monoisotopic (exact) mass is 300 g/mol. The molecule has 20 heavy (non-hydrogen) atoms. The number of carbonyl (C=O) groups is 1. The van der Waals surface area contributed by atoms with Crippen molar-refractivity contribution in [1.29, 1.82) is 0 Å². The first-order valence-corrected chi connectivity index (χ1v) is 7.12. The van der Waals surface area contributed by atoms with Gasteiger partial charge in [0.25, 0.3) is 0 Å². The van der Waals surface area contributed by atoms with Crippen LogP contribution in [0.25, 0.3) is 0 Å². The Morgan fingerprint density at radius 3 is 2.70 bits per heavy atom. The lowest BCUT2D eigenvalue weighted by Gasteiger charge is -2.23. The zero-order valence-electron chi connectivity index (χ0n) is 12.0. The topological polar surface area (TPSA) is 55.1 Å². The maximum absolute atomic E-state index is 13.0. The van der Waals surface area contributed by atoms with Gasteiger partial charge in [0, 0.05) is 13.0 Å². The third kappa shape index (κ3) is 5.88. The first-order chi connectivity index (χ1) is 9.34. The van der Waals surface area contributed by atoms with Crippen LogP contribution < -0.4 is 11.1 Å². The highest BCUT2D eigenvalue weighted by atomic mass is 35.5. The number of nitrogens with one attached hydrogen (secondary N) is 1. The van der Waals surface area contributed by atoms with Crippen molar-refractivity contribution in [3.8, 4) is 0 Å². The van der Waals surface area contributed by atoms with E-state index in [1.807, 2.05) is 0 Å². The van der Waals surface area contributed by atoms with Crippen molar-refractivity contribution in [3.63, 3.8) is 0 Å². The summed E-state index contributed by atoms with van der Waals surface area (Å²) in [5.41, 5.74) is 6.40. The molecule has 0 aliphatic carbocycles. The quantitative estimate of drug-likeness (QED) is 0.812. The maximum atomic E-state index is 13.0. The van der Waals surface area contributed by atoms with E-state index in [1.165, 1.54) is 12.1 Å².